The van der Waals surface area contributed by atoms with E-state index in [1.807, 2.05) is 6.19 Å². The fourth-order valence-electron chi connectivity index (χ4n) is 1.34. The summed E-state index contributed by atoms with van der Waals surface area (Å²) in [6, 6.07) is 0. The third-order valence-electron chi connectivity index (χ3n) is 2.38. The summed E-state index contributed by atoms with van der Waals surface area (Å²) in [5.74, 6) is 0.700. The van der Waals surface area contributed by atoms with E-state index in [4.69, 9.17) is 4.74 Å². The van der Waals surface area contributed by atoms with Crippen LogP contribution in [0.3, 0.4) is 0 Å². The van der Waals surface area contributed by atoms with Crippen LogP contribution in [0.1, 0.15) is 6.92 Å². The predicted octanol–water partition coefficient (Wildman–Crippen LogP) is -0.146. The number of nitrogens with zero attached hydrogens (tertiary/aromatic N) is 7. The highest BCUT2D eigenvalue weighted by Gasteiger charge is 2.15. The summed E-state index contributed by atoms with van der Waals surface area (Å²) in [7, 11) is 7.20. The Labute approximate surface area is 123 Å². The first-order chi connectivity index (χ1) is 9.85. The van der Waals surface area contributed by atoms with Crippen LogP contribution in [0.25, 0.3) is 0 Å². The van der Waals surface area contributed by atoms with Gasteiger partial charge in [-0.05, 0) is 0 Å². The van der Waals surface area contributed by atoms with Gasteiger partial charge < -0.3 is 14.5 Å². The van der Waals surface area contributed by atoms with E-state index in [2.05, 4.69) is 15.0 Å². The summed E-state index contributed by atoms with van der Waals surface area (Å²) in [6.45, 7) is 1.58. The summed E-state index contributed by atoms with van der Waals surface area (Å²) in [5, 5.41) is 9.21. The second kappa shape index (κ2) is 7.23. The van der Waals surface area contributed by atoms with Crippen LogP contribution in [0.5, 0.6) is 0 Å². The molecule has 0 spiro atoms. The van der Waals surface area contributed by atoms with Crippen LogP contribution in [-0.2, 0) is 9.53 Å². The summed E-state index contributed by atoms with van der Waals surface area (Å²) >= 11 is 0. The minimum Gasteiger partial charge on any atom is -0.464 e. The number of hydrogen-bond acceptors (Lipinski definition) is 9. The van der Waals surface area contributed by atoms with E-state index in [1.165, 1.54) is 11.8 Å². The molecule has 1 aromatic rings. The van der Waals surface area contributed by atoms with Crippen LogP contribution in [0.2, 0.25) is 0 Å². The molecule has 0 unspecified atom stereocenters. The Hall–Kier alpha value is -2.63. The molecular formula is C12H19N7O2. The maximum atomic E-state index is 10.8. The van der Waals surface area contributed by atoms with Gasteiger partial charge in [-0.1, -0.05) is 0 Å². The average molecular weight is 293 g/mol. The van der Waals surface area contributed by atoms with E-state index < -0.39 is 5.97 Å². The van der Waals surface area contributed by atoms with Crippen molar-refractivity contribution in [2.75, 3.05) is 56.0 Å². The Morgan fingerprint density at radius 3 is 1.95 bits per heavy atom. The lowest BCUT2D eigenvalue weighted by atomic mass is 10.6. The topological polar surface area (TPSA) is 98.5 Å². The molecule has 0 aliphatic carbocycles. The second-order valence-electron chi connectivity index (χ2n) is 4.62. The Balaban J connectivity index is 3.02. The lowest BCUT2D eigenvalue weighted by molar-refractivity contribution is -0.140. The molecule has 9 nitrogen and oxygen atoms in total. The van der Waals surface area contributed by atoms with E-state index in [0.29, 0.717) is 11.9 Å². The number of hydrogen-bond donors (Lipinski definition) is 0. The highest BCUT2D eigenvalue weighted by Crippen LogP contribution is 2.16. The first kappa shape index (κ1) is 16.4. The smallest absolute Gasteiger partial charge is 0.302 e. The van der Waals surface area contributed by atoms with E-state index in [1.54, 1.807) is 38.0 Å². The molecule has 0 aliphatic rings. The van der Waals surface area contributed by atoms with Gasteiger partial charge in [-0.3, -0.25) is 4.79 Å². The van der Waals surface area contributed by atoms with E-state index in [0.717, 1.165) is 0 Å². The first-order valence-electron chi connectivity index (χ1n) is 6.26. The van der Waals surface area contributed by atoms with Crippen molar-refractivity contribution in [2.24, 2.45) is 0 Å². The number of nitriles is 1. The number of rotatable bonds is 6. The Kier molecular flexibility index (Phi) is 5.66. The van der Waals surface area contributed by atoms with E-state index >= 15 is 0 Å². The third-order valence-corrected chi connectivity index (χ3v) is 2.38. The molecule has 0 saturated heterocycles. The van der Waals surface area contributed by atoms with Crippen molar-refractivity contribution < 1.29 is 9.53 Å². The molecule has 0 atom stereocenters. The van der Waals surface area contributed by atoms with Crippen molar-refractivity contribution in [1.82, 2.24) is 15.0 Å². The van der Waals surface area contributed by atoms with Gasteiger partial charge >= 0.3 is 5.97 Å². The molecule has 1 rings (SSSR count). The van der Waals surface area contributed by atoms with Gasteiger partial charge in [-0.2, -0.15) is 20.2 Å². The van der Waals surface area contributed by atoms with Gasteiger partial charge in [0.05, 0.1) is 6.54 Å². The molecule has 1 heterocycles. The van der Waals surface area contributed by atoms with Crippen molar-refractivity contribution in [3.63, 3.8) is 0 Å². The quantitative estimate of drug-likeness (QED) is 0.403. The number of aromatic nitrogens is 3. The van der Waals surface area contributed by atoms with Crippen LogP contribution in [-0.4, -0.2) is 62.3 Å². The zero-order valence-corrected chi connectivity index (χ0v) is 12.9. The zero-order valence-electron chi connectivity index (χ0n) is 12.9. The van der Waals surface area contributed by atoms with Gasteiger partial charge in [0.25, 0.3) is 0 Å². The summed E-state index contributed by atoms with van der Waals surface area (Å²) in [4.78, 5) is 28.2. The van der Waals surface area contributed by atoms with Crippen LogP contribution in [0.4, 0.5) is 17.8 Å². The molecule has 21 heavy (non-hydrogen) atoms. The average Bonchev–Trinajstić information content (AvgIpc) is 2.42. The SMILES string of the molecule is CC(=O)OCCN(C#N)c1nc(N(C)C)nc(N(C)C)n1. The molecule has 0 aliphatic heterocycles. The summed E-state index contributed by atoms with van der Waals surface area (Å²) < 4.78 is 4.83. The normalized spacial score (nSPS) is 9.71. The zero-order chi connectivity index (χ0) is 16.0. The van der Waals surface area contributed by atoms with E-state index in [-0.39, 0.29) is 19.1 Å². The number of esters is 1. The standard InChI is InChI=1S/C12H19N7O2/c1-9(20)21-7-6-19(8-13)12-15-10(17(2)3)14-11(16-12)18(4)5/h6-7H2,1-5H3. The molecule has 0 radical (unpaired) electrons. The molecule has 1 aromatic heterocycles. The molecule has 0 saturated carbocycles. The van der Waals surface area contributed by atoms with Gasteiger partial charge in [-0.15, -0.1) is 0 Å². The van der Waals surface area contributed by atoms with Crippen LogP contribution >= 0.6 is 0 Å². The Morgan fingerprint density at radius 1 is 1.10 bits per heavy atom. The number of anilines is 3. The summed E-state index contributed by atoms with van der Waals surface area (Å²) in [5.41, 5.74) is 0. The summed E-state index contributed by atoms with van der Waals surface area (Å²) in [6.07, 6.45) is 1.98. The van der Waals surface area contributed by atoms with Crippen LogP contribution in [0, 0.1) is 11.5 Å². The van der Waals surface area contributed by atoms with Crippen molar-refractivity contribution in [2.45, 2.75) is 6.92 Å². The molecule has 0 aromatic carbocycles. The minimum absolute atomic E-state index is 0.0865. The Morgan fingerprint density at radius 2 is 1.57 bits per heavy atom. The van der Waals surface area contributed by atoms with Crippen molar-refractivity contribution >= 4 is 23.8 Å². The number of ether oxygens (including phenoxy) is 1. The second-order valence-corrected chi connectivity index (χ2v) is 4.62. The highest BCUT2D eigenvalue weighted by molar-refractivity contribution is 5.65. The van der Waals surface area contributed by atoms with E-state index in [9.17, 15) is 10.1 Å². The van der Waals surface area contributed by atoms with Crippen LogP contribution < -0.4 is 14.7 Å². The van der Waals surface area contributed by atoms with Gasteiger partial charge in [-0.25, -0.2) is 4.90 Å². The number of carbonyl (C=O) groups is 1. The molecule has 0 bridgehead atoms. The maximum absolute atomic E-state index is 10.8. The minimum atomic E-state index is -0.397. The monoisotopic (exact) mass is 293 g/mol. The largest absolute Gasteiger partial charge is 0.464 e. The maximum Gasteiger partial charge on any atom is 0.302 e. The predicted molar refractivity (Wildman–Crippen MR) is 78.1 cm³/mol. The van der Waals surface area contributed by atoms with Gasteiger partial charge in [0.2, 0.25) is 17.8 Å². The van der Waals surface area contributed by atoms with Gasteiger partial charge in [0.1, 0.15) is 6.61 Å². The third kappa shape index (κ3) is 4.76. The van der Waals surface area contributed by atoms with Crippen LogP contribution in [0.15, 0.2) is 0 Å². The lowest BCUT2D eigenvalue weighted by Crippen LogP contribution is -2.27. The van der Waals surface area contributed by atoms with Crippen molar-refractivity contribution in [3.8, 4) is 6.19 Å². The first-order valence-corrected chi connectivity index (χ1v) is 6.26. The molecule has 0 fully saturated rings. The molecule has 114 valence electrons. The molecule has 9 heteroatoms. The molecule has 0 amide bonds. The fourth-order valence-corrected chi connectivity index (χ4v) is 1.34. The highest BCUT2D eigenvalue weighted by atomic mass is 16.5. The molecule has 0 N–H and O–H groups in total. The Bertz CT molecular complexity index is 513. The number of carbonyl (C=O) groups excluding carboxylic acids is 1. The lowest BCUT2D eigenvalue weighted by Gasteiger charge is -2.19. The molecular weight excluding hydrogens is 274 g/mol. The van der Waals surface area contributed by atoms with Crippen molar-refractivity contribution in [3.05, 3.63) is 0 Å². The van der Waals surface area contributed by atoms with Crippen molar-refractivity contribution in [1.29, 1.82) is 5.26 Å². The van der Waals surface area contributed by atoms with Gasteiger partial charge in [0.15, 0.2) is 6.19 Å². The van der Waals surface area contributed by atoms with Gasteiger partial charge in [0, 0.05) is 35.1 Å². The fraction of sp³-hybridized carbons (Fsp3) is 0.583.